The van der Waals surface area contributed by atoms with Crippen LogP contribution in [-0.4, -0.2) is 0 Å². The van der Waals surface area contributed by atoms with Crippen LogP contribution in [-0.2, 0) is 0 Å². The van der Waals surface area contributed by atoms with Crippen LogP contribution in [0.5, 0.6) is 0 Å². The third kappa shape index (κ3) is 5.03. The Morgan fingerprint density at radius 2 is 0.784 bits per heavy atom. The fourth-order valence-electron chi connectivity index (χ4n) is 4.94. The van der Waals surface area contributed by atoms with E-state index in [-0.39, 0.29) is 0 Å². The maximum atomic E-state index is 2.33. The normalized spacial score (nSPS) is 12.7. The number of rotatable bonds is 6. The summed E-state index contributed by atoms with van der Waals surface area (Å²) in [6, 6.07) is 47.7. The van der Waals surface area contributed by atoms with E-state index in [1.54, 1.807) is 0 Å². The van der Waals surface area contributed by atoms with Gasteiger partial charge in [-0.05, 0) is 82.6 Å². The number of hydrogen-bond donors (Lipinski definition) is 0. The smallest absolute Gasteiger partial charge is 0.0462 e. The molecule has 178 valence electrons. The van der Waals surface area contributed by atoms with Crippen molar-refractivity contribution in [3.63, 3.8) is 0 Å². The Kier molecular flexibility index (Phi) is 6.51. The summed E-state index contributed by atoms with van der Waals surface area (Å²) in [4.78, 5) is 2.33. The van der Waals surface area contributed by atoms with Gasteiger partial charge in [-0.2, -0.15) is 0 Å². The first kappa shape index (κ1) is 22.8. The van der Waals surface area contributed by atoms with Gasteiger partial charge in [0.15, 0.2) is 0 Å². The average Bonchev–Trinajstić information content (AvgIpc) is 3.00. The molecule has 0 bridgehead atoms. The van der Waals surface area contributed by atoms with E-state index in [0.29, 0.717) is 0 Å². The summed E-state index contributed by atoms with van der Waals surface area (Å²) in [6.07, 6.45) is 9.07. The Morgan fingerprint density at radius 1 is 0.378 bits per heavy atom. The first-order valence-corrected chi connectivity index (χ1v) is 12.9. The van der Waals surface area contributed by atoms with E-state index in [1.165, 1.54) is 33.4 Å². The van der Waals surface area contributed by atoms with Crippen molar-refractivity contribution in [2.75, 3.05) is 4.90 Å². The lowest BCUT2D eigenvalue weighted by Crippen LogP contribution is -2.10. The molecule has 0 fully saturated rings. The lowest BCUT2D eigenvalue weighted by atomic mass is 9.99. The van der Waals surface area contributed by atoms with Gasteiger partial charge in [0.05, 0.1) is 0 Å². The molecule has 1 aliphatic rings. The average molecular weight is 476 g/mol. The standard InChI is InChI=1S/C36H29N/c1-4-10-28(11-5-1)31-16-22-34(23-17-31)37(35-24-18-32(19-25-35)29-12-6-2-7-13-29)36-26-20-33(21-27-36)30-14-8-3-9-15-30/h1-2,4-8,10-27H,3,9H2. The minimum absolute atomic E-state index is 1.11. The molecule has 6 rings (SSSR count). The summed E-state index contributed by atoms with van der Waals surface area (Å²) < 4.78 is 0. The van der Waals surface area contributed by atoms with Crippen molar-refractivity contribution >= 4 is 22.6 Å². The molecule has 1 nitrogen and oxygen atoms in total. The molecule has 0 heterocycles. The molecule has 0 amide bonds. The Labute approximate surface area is 219 Å². The maximum Gasteiger partial charge on any atom is 0.0462 e. The highest BCUT2D eigenvalue weighted by Gasteiger charge is 2.14. The van der Waals surface area contributed by atoms with Crippen molar-refractivity contribution in [3.8, 4) is 22.3 Å². The van der Waals surface area contributed by atoms with Crippen molar-refractivity contribution in [2.45, 2.75) is 12.8 Å². The molecule has 5 aromatic rings. The minimum Gasteiger partial charge on any atom is -0.311 e. The second kappa shape index (κ2) is 10.6. The minimum atomic E-state index is 1.11. The molecule has 0 N–H and O–H groups in total. The van der Waals surface area contributed by atoms with E-state index in [4.69, 9.17) is 0 Å². The maximum absolute atomic E-state index is 2.33. The van der Waals surface area contributed by atoms with Gasteiger partial charge in [0, 0.05) is 17.1 Å². The number of anilines is 3. The predicted molar refractivity (Wildman–Crippen MR) is 158 cm³/mol. The molecule has 0 unspecified atom stereocenters. The second-order valence-electron chi connectivity index (χ2n) is 9.35. The number of benzene rings is 5. The molecule has 0 aliphatic heterocycles. The molecule has 0 spiro atoms. The summed E-state index contributed by atoms with van der Waals surface area (Å²) in [5.74, 6) is 0. The van der Waals surface area contributed by atoms with Crippen LogP contribution in [0, 0.1) is 0 Å². The third-order valence-corrected chi connectivity index (χ3v) is 6.92. The molecule has 1 aliphatic carbocycles. The molecule has 0 radical (unpaired) electrons. The van der Waals surface area contributed by atoms with Gasteiger partial charge in [0.1, 0.15) is 0 Å². The topological polar surface area (TPSA) is 3.24 Å². The summed E-state index contributed by atoms with van der Waals surface area (Å²) >= 11 is 0. The molecule has 5 aromatic carbocycles. The van der Waals surface area contributed by atoms with Gasteiger partial charge >= 0.3 is 0 Å². The van der Waals surface area contributed by atoms with Gasteiger partial charge in [-0.1, -0.05) is 115 Å². The van der Waals surface area contributed by atoms with Crippen molar-refractivity contribution in [3.05, 3.63) is 157 Å². The second-order valence-corrected chi connectivity index (χ2v) is 9.35. The lowest BCUT2D eigenvalue weighted by Gasteiger charge is -2.26. The Bertz CT molecular complexity index is 1430. The van der Waals surface area contributed by atoms with Gasteiger partial charge in [0.25, 0.3) is 0 Å². The van der Waals surface area contributed by atoms with Crippen LogP contribution < -0.4 is 4.90 Å². The van der Waals surface area contributed by atoms with Gasteiger partial charge in [-0.3, -0.25) is 0 Å². The van der Waals surface area contributed by atoms with Crippen LogP contribution in [0.4, 0.5) is 17.1 Å². The predicted octanol–water partition coefficient (Wildman–Crippen LogP) is 10.2. The largest absolute Gasteiger partial charge is 0.311 e. The highest BCUT2D eigenvalue weighted by atomic mass is 15.1. The molecule has 0 saturated heterocycles. The summed E-state index contributed by atoms with van der Waals surface area (Å²) in [7, 11) is 0. The van der Waals surface area contributed by atoms with E-state index < -0.39 is 0 Å². The van der Waals surface area contributed by atoms with E-state index >= 15 is 0 Å². The summed E-state index contributed by atoms with van der Waals surface area (Å²) in [5, 5.41) is 0. The van der Waals surface area contributed by atoms with E-state index in [2.05, 4.69) is 157 Å². The van der Waals surface area contributed by atoms with Crippen LogP contribution in [0.1, 0.15) is 18.4 Å². The molecule has 0 aromatic heterocycles. The third-order valence-electron chi connectivity index (χ3n) is 6.92. The van der Waals surface area contributed by atoms with Crippen molar-refractivity contribution in [1.29, 1.82) is 0 Å². The Hall–Kier alpha value is -4.62. The van der Waals surface area contributed by atoms with Gasteiger partial charge < -0.3 is 4.90 Å². The molecule has 1 heteroatoms. The van der Waals surface area contributed by atoms with Gasteiger partial charge in [0.2, 0.25) is 0 Å². The van der Waals surface area contributed by atoms with Crippen LogP contribution in [0.25, 0.3) is 27.8 Å². The van der Waals surface area contributed by atoms with Crippen LogP contribution in [0.15, 0.2) is 152 Å². The Balaban J connectivity index is 1.37. The van der Waals surface area contributed by atoms with Crippen LogP contribution in [0.2, 0.25) is 0 Å². The van der Waals surface area contributed by atoms with Crippen molar-refractivity contribution in [2.24, 2.45) is 0 Å². The van der Waals surface area contributed by atoms with E-state index in [1.807, 2.05) is 0 Å². The van der Waals surface area contributed by atoms with E-state index in [9.17, 15) is 0 Å². The fraction of sp³-hybridized carbons (Fsp3) is 0.0556. The van der Waals surface area contributed by atoms with Crippen LogP contribution in [0.3, 0.4) is 0 Å². The first-order chi connectivity index (χ1) is 18.3. The highest BCUT2D eigenvalue weighted by molar-refractivity contribution is 5.82. The zero-order valence-corrected chi connectivity index (χ0v) is 20.8. The number of hydrogen-bond acceptors (Lipinski definition) is 1. The van der Waals surface area contributed by atoms with Gasteiger partial charge in [-0.15, -0.1) is 0 Å². The molecular formula is C36H29N. The quantitative estimate of drug-likeness (QED) is 0.236. The summed E-state index contributed by atoms with van der Waals surface area (Å²) in [5.41, 5.74) is 10.9. The summed E-state index contributed by atoms with van der Waals surface area (Å²) in [6.45, 7) is 0. The molecule has 0 saturated carbocycles. The van der Waals surface area contributed by atoms with Gasteiger partial charge in [-0.25, -0.2) is 0 Å². The number of allylic oxidation sites excluding steroid dienone is 4. The molecule has 0 atom stereocenters. The highest BCUT2D eigenvalue weighted by Crippen LogP contribution is 2.37. The van der Waals surface area contributed by atoms with Crippen LogP contribution >= 0.6 is 0 Å². The number of nitrogens with zero attached hydrogens (tertiary/aromatic N) is 1. The Morgan fingerprint density at radius 3 is 1.19 bits per heavy atom. The monoisotopic (exact) mass is 475 g/mol. The molecule has 37 heavy (non-hydrogen) atoms. The van der Waals surface area contributed by atoms with Crippen molar-refractivity contribution < 1.29 is 0 Å². The van der Waals surface area contributed by atoms with E-state index in [0.717, 1.165) is 29.9 Å². The zero-order valence-electron chi connectivity index (χ0n) is 20.8. The lowest BCUT2D eigenvalue weighted by molar-refractivity contribution is 1.04. The van der Waals surface area contributed by atoms with Crippen molar-refractivity contribution in [1.82, 2.24) is 0 Å². The first-order valence-electron chi connectivity index (χ1n) is 12.9. The SMILES string of the molecule is C1=CC(c2ccc(N(c3ccc(-c4ccccc4)cc3)c3ccc(-c4ccccc4)cc3)cc2)=CCC1. The fourth-order valence-corrected chi connectivity index (χ4v) is 4.94. The zero-order chi connectivity index (χ0) is 24.9. The molecular weight excluding hydrogens is 446 g/mol.